The van der Waals surface area contributed by atoms with Crippen LogP contribution < -0.4 is 5.32 Å². The molecule has 2 amide bonds. The second-order valence-corrected chi connectivity index (χ2v) is 8.31. The fourth-order valence-electron chi connectivity index (χ4n) is 3.73. The van der Waals surface area contributed by atoms with E-state index in [-0.39, 0.29) is 24.0 Å². The molecule has 1 N–H and O–H groups in total. The minimum Gasteiger partial charge on any atom is -0.372 e. The van der Waals surface area contributed by atoms with Gasteiger partial charge >= 0.3 is 0 Å². The van der Waals surface area contributed by atoms with Crippen molar-refractivity contribution >= 4 is 28.2 Å². The molecule has 0 bridgehead atoms. The van der Waals surface area contributed by atoms with Crippen molar-refractivity contribution in [3.63, 3.8) is 0 Å². The molecule has 0 saturated carbocycles. The zero-order chi connectivity index (χ0) is 17.4. The van der Waals surface area contributed by atoms with Gasteiger partial charge in [-0.1, -0.05) is 6.92 Å². The minimum atomic E-state index is -0.126. The van der Waals surface area contributed by atoms with E-state index in [0.29, 0.717) is 19.0 Å². The minimum absolute atomic E-state index is 0.0350. The standard InChI is InChI=1S/C18H26N2O3S/c1-10-5-6-14-15(7-10)24-17(19-13(4)21)16(14)18(22)20-8-11(2)23-12(3)9-20/h10-12H,5-9H2,1-4H3,(H,19,21)/t10-,11-,12-/m1/s1. The number of nitrogens with zero attached hydrogens (tertiary/aromatic N) is 1. The lowest BCUT2D eigenvalue weighted by Crippen LogP contribution is -2.48. The average Bonchev–Trinajstić information content (AvgIpc) is 2.81. The number of fused-ring (bicyclic) bond motifs is 1. The molecule has 0 spiro atoms. The van der Waals surface area contributed by atoms with Crippen LogP contribution >= 0.6 is 11.3 Å². The Hall–Kier alpha value is -1.40. The van der Waals surface area contributed by atoms with E-state index in [1.54, 1.807) is 11.3 Å². The molecule has 0 unspecified atom stereocenters. The topological polar surface area (TPSA) is 58.6 Å². The summed E-state index contributed by atoms with van der Waals surface area (Å²) in [6.07, 6.45) is 3.09. The van der Waals surface area contributed by atoms with E-state index < -0.39 is 0 Å². The number of thiophene rings is 1. The molecule has 1 aliphatic heterocycles. The number of amides is 2. The number of carbonyl (C=O) groups is 2. The van der Waals surface area contributed by atoms with E-state index in [1.807, 2.05) is 18.7 Å². The van der Waals surface area contributed by atoms with Gasteiger partial charge in [0.1, 0.15) is 5.00 Å². The lowest BCUT2D eigenvalue weighted by Gasteiger charge is -2.35. The summed E-state index contributed by atoms with van der Waals surface area (Å²) in [5.74, 6) is 0.542. The third kappa shape index (κ3) is 3.49. The van der Waals surface area contributed by atoms with E-state index in [4.69, 9.17) is 4.74 Å². The molecule has 1 aliphatic carbocycles. The number of carbonyl (C=O) groups excluding carboxylic acids is 2. The van der Waals surface area contributed by atoms with Gasteiger partial charge in [0.2, 0.25) is 5.91 Å². The van der Waals surface area contributed by atoms with E-state index in [2.05, 4.69) is 12.2 Å². The quantitative estimate of drug-likeness (QED) is 0.892. The summed E-state index contributed by atoms with van der Waals surface area (Å²) in [6.45, 7) is 8.93. The van der Waals surface area contributed by atoms with Crippen molar-refractivity contribution in [2.24, 2.45) is 5.92 Å². The molecule has 6 heteroatoms. The Morgan fingerprint density at radius 1 is 1.21 bits per heavy atom. The monoisotopic (exact) mass is 350 g/mol. The van der Waals surface area contributed by atoms with Gasteiger partial charge in [-0.3, -0.25) is 9.59 Å². The predicted octanol–water partition coefficient (Wildman–Crippen LogP) is 3.08. The smallest absolute Gasteiger partial charge is 0.257 e. The van der Waals surface area contributed by atoms with Crippen molar-refractivity contribution in [3.05, 3.63) is 16.0 Å². The molecule has 132 valence electrons. The number of hydrogen-bond acceptors (Lipinski definition) is 4. The highest BCUT2D eigenvalue weighted by Crippen LogP contribution is 2.40. The van der Waals surface area contributed by atoms with Gasteiger partial charge in [-0.15, -0.1) is 11.3 Å². The summed E-state index contributed by atoms with van der Waals surface area (Å²) in [4.78, 5) is 28.0. The fourth-order valence-corrected chi connectivity index (χ4v) is 5.18. The first kappa shape index (κ1) is 17.4. The number of morpholine rings is 1. The van der Waals surface area contributed by atoms with Crippen LogP contribution in [0.5, 0.6) is 0 Å². The van der Waals surface area contributed by atoms with Crippen molar-refractivity contribution in [3.8, 4) is 0 Å². The Labute approximate surface area is 147 Å². The Morgan fingerprint density at radius 3 is 2.50 bits per heavy atom. The maximum absolute atomic E-state index is 13.2. The lowest BCUT2D eigenvalue weighted by atomic mass is 9.88. The summed E-state index contributed by atoms with van der Waals surface area (Å²) in [5, 5.41) is 3.61. The fraction of sp³-hybridized carbons (Fsp3) is 0.667. The summed E-state index contributed by atoms with van der Waals surface area (Å²) in [6, 6.07) is 0. The van der Waals surface area contributed by atoms with Gasteiger partial charge < -0.3 is 15.0 Å². The molecule has 3 atom stereocenters. The molecule has 1 aromatic heterocycles. The Morgan fingerprint density at radius 2 is 1.88 bits per heavy atom. The first-order valence-electron chi connectivity index (χ1n) is 8.72. The molecule has 2 heterocycles. The van der Waals surface area contributed by atoms with Crippen molar-refractivity contribution in [2.75, 3.05) is 18.4 Å². The summed E-state index contributed by atoms with van der Waals surface area (Å²) in [5.41, 5.74) is 1.87. The van der Waals surface area contributed by atoms with E-state index in [0.717, 1.165) is 35.4 Å². The molecule has 2 aliphatic rings. The van der Waals surface area contributed by atoms with Crippen LogP contribution in [0.25, 0.3) is 0 Å². The van der Waals surface area contributed by atoms with Crippen molar-refractivity contribution in [1.29, 1.82) is 0 Å². The number of anilines is 1. The van der Waals surface area contributed by atoms with Crippen LogP contribution in [0, 0.1) is 5.92 Å². The first-order valence-corrected chi connectivity index (χ1v) is 9.53. The molecule has 0 radical (unpaired) electrons. The van der Waals surface area contributed by atoms with Crippen molar-refractivity contribution in [1.82, 2.24) is 4.90 Å². The molecule has 0 aromatic carbocycles. The van der Waals surface area contributed by atoms with Gasteiger partial charge in [-0.2, -0.15) is 0 Å². The van der Waals surface area contributed by atoms with Gasteiger partial charge in [0, 0.05) is 24.9 Å². The molecular formula is C18H26N2O3S. The normalized spacial score (nSPS) is 26.8. The van der Waals surface area contributed by atoms with E-state index in [1.165, 1.54) is 11.8 Å². The van der Waals surface area contributed by atoms with Gasteiger partial charge in [0.15, 0.2) is 0 Å². The van der Waals surface area contributed by atoms with Crippen molar-refractivity contribution < 1.29 is 14.3 Å². The zero-order valence-corrected chi connectivity index (χ0v) is 15.7. The molecule has 1 fully saturated rings. The van der Waals surface area contributed by atoms with Crippen LogP contribution in [0.15, 0.2) is 0 Å². The highest BCUT2D eigenvalue weighted by Gasteiger charge is 2.33. The zero-order valence-electron chi connectivity index (χ0n) is 14.8. The van der Waals surface area contributed by atoms with Crippen LogP contribution in [0.1, 0.15) is 54.9 Å². The number of nitrogens with one attached hydrogen (secondary N) is 1. The highest BCUT2D eigenvalue weighted by molar-refractivity contribution is 7.17. The van der Waals surface area contributed by atoms with E-state index in [9.17, 15) is 9.59 Å². The van der Waals surface area contributed by atoms with Gasteiger partial charge in [0.05, 0.1) is 17.8 Å². The van der Waals surface area contributed by atoms with Crippen LogP contribution in [0.2, 0.25) is 0 Å². The average molecular weight is 350 g/mol. The third-order valence-corrected chi connectivity index (χ3v) is 5.89. The van der Waals surface area contributed by atoms with Gasteiger partial charge in [-0.05, 0) is 44.6 Å². The summed E-state index contributed by atoms with van der Waals surface area (Å²) < 4.78 is 5.74. The van der Waals surface area contributed by atoms with Crippen molar-refractivity contribution in [2.45, 2.75) is 59.2 Å². The number of rotatable bonds is 2. The molecule has 3 rings (SSSR count). The third-order valence-electron chi connectivity index (χ3n) is 4.72. The molecule has 1 aromatic rings. The Bertz CT molecular complexity index is 645. The van der Waals surface area contributed by atoms with Crippen LogP contribution in [-0.2, 0) is 22.4 Å². The largest absolute Gasteiger partial charge is 0.372 e. The number of ether oxygens (including phenoxy) is 1. The van der Waals surface area contributed by atoms with Gasteiger partial charge in [-0.25, -0.2) is 0 Å². The Kier molecular flexibility index (Phi) is 4.97. The summed E-state index contributed by atoms with van der Waals surface area (Å²) >= 11 is 1.58. The molecule has 24 heavy (non-hydrogen) atoms. The van der Waals surface area contributed by atoms with Crippen LogP contribution in [0.4, 0.5) is 5.00 Å². The van der Waals surface area contributed by atoms with Crippen LogP contribution in [0.3, 0.4) is 0 Å². The van der Waals surface area contributed by atoms with Gasteiger partial charge in [0.25, 0.3) is 5.91 Å². The van der Waals surface area contributed by atoms with Crippen LogP contribution in [-0.4, -0.2) is 42.0 Å². The maximum Gasteiger partial charge on any atom is 0.257 e. The molecule has 5 nitrogen and oxygen atoms in total. The SMILES string of the molecule is CC(=O)Nc1sc2c(c1C(=O)N1C[C@@H](C)O[C@H](C)C1)CC[C@@H](C)C2. The second-order valence-electron chi connectivity index (χ2n) is 7.20. The first-order chi connectivity index (χ1) is 11.3. The Balaban J connectivity index is 1.95. The predicted molar refractivity (Wildman–Crippen MR) is 95.7 cm³/mol. The highest BCUT2D eigenvalue weighted by atomic mass is 32.1. The maximum atomic E-state index is 13.2. The molecule has 1 saturated heterocycles. The number of hydrogen-bond donors (Lipinski definition) is 1. The molecular weight excluding hydrogens is 324 g/mol. The van der Waals surface area contributed by atoms with E-state index >= 15 is 0 Å². The second kappa shape index (κ2) is 6.84. The lowest BCUT2D eigenvalue weighted by molar-refractivity contribution is -0.114. The summed E-state index contributed by atoms with van der Waals surface area (Å²) in [7, 11) is 0.